The first-order valence-corrected chi connectivity index (χ1v) is 11.5. The van der Waals surface area contributed by atoms with Gasteiger partial charge in [0.25, 0.3) is 5.56 Å². The quantitative estimate of drug-likeness (QED) is 0.424. The Labute approximate surface area is 187 Å². The summed E-state index contributed by atoms with van der Waals surface area (Å²) in [6, 6.07) is 11.2. The Bertz CT molecular complexity index is 1300. The van der Waals surface area contributed by atoms with E-state index in [-0.39, 0.29) is 12.2 Å². The first-order chi connectivity index (χ1) is 15.0. The van der Waals surface area contributed by atoms with Gasteiger partial charge < -0.3 is 9.47 Å². The smallest absolute Gasteiger partial charge is 0.338 e. The van der Waals surface area contributed by atoms with Gasteiger partial charge in [0, 0.05) is 12.0 Å². The summed E-state index contributed by atoms with van der Waals surface area (Å²) >= 11 is 2.82. The molecule has 1 aromatic carbocycles. The molecular formula is C23H22N2O4S2. The van der Waals surface area contributed by atoms with Crippen molar-refractivity contribution < 1.29 is 14.3 Å². The van der Waals surface area contributed by atoms with E-state index in [0.29, 0.717) is 27.2 Å². The molecule has 160 valence electrons. The summed E-state index contributed by atoms with van der Waals surface area (Å²) in [7, 11) is 1.55. The minimum absolute atomic E-state index is 0.140. The number of benzene rings is 1. The molecule has 4 rings (SSSR count). The lowest BCUT2D eigenvalue weighted by Gasteiger charge is -2.23. The van der Waals surface area contributed by atoms with E-state index in [1.807, 2.05) is 54.8 Å². The van der Waals surface area contributed by atoms with Gasteiger partial charge in [-0.15, -0.1) is 11.3 Å². The Morgan fingerprint density at radius 2 is 1.97 bits per heavy atom. The van der Waals surface area contributed by atoms with Gasteiger partial charge in [0.1, 0.15) is 12.6 Å². The molecule has 0 amide bonds. The van der Waals surface area contributed by atoms with E-state index >= 15 is 0 Å². The van der Waals surface area contributed by atoms with Crippen molar-refractivity contribution in [1.82, 2.24) is 4.57 Å². The van der Waals surface area contributed by atoms with E-state index in [9.17, 15) is 9.59 Å². The van der Waals surface area contributed by atoms with Crippen molar-refractivity contribution in [2.45, 2.75) is 19.9 Å². The second-order valence-electron chi connectivity index (χ2n) is 7.14. The average molecular weight is 455 g/mol. The van der Waals surface area contributed by atoms with Crippen molar-refractivity contribution in [1.29, 1.82) is 0 Å². The molecule has 2 aromatic heterocycles. The molecular weight excluding hydrogens is 432 g/mol. The average Bonchev–Trinajstić information content (AvgIpc) is 3.38. The normalized spacial score (nSPS) is 16.2. The maximum atomic E-state index is 13.4. The lowest BCUT2D eigenvalue weighted by atomic mass is 10.0. The number of carbonyl (C=O) groups excluding carboxylic acids is 1. The van der Waals surface area contributed by atoms with Crippen LogP contribution in [0.5, 0.6) is 0 Å². The summed E-state index contributed by atoms with van der Waals surface area (Å²) in [6.45, 7) is 4.25. The van der Waals surface area contributed by atoms with Crippen LogP contribution >= 0.6 is 22.7 Å². The molecule has 31 heavy (non-hydrogen) atoms. The molecule has 6 nitrogen and oxygen atoms in total. The number of thiazole rings is 1. The molecule has 0 spiro atoms. The molecule has 3 heterocycles. The molecule has 3 aromatic rings. The number of esters is 1. The number of nitrogens with zero attached hydrogens (tertiary/aromatic N) is 2. The summed E-state index contributed by atoms with van der Waals surface area (Å²) in [6.07, 6.45) is 1.87. The molecule has 0 saturated heterocycles. The van der Waals surface area contributed by atoms with E-state index in [0.717, 1.165) is 16.0 Å². The second-order valence-corrected chi connectivity index (χ2v) is 9.12. The summed E-state index contributed by atoms with van der Waals surface area (Å²) in [5, 5.41) is 1.93. The van der Waals surface area contributed by atoms with Crippen LogP contribution in [0, 0.1) is 6.92 Å². The van der Waals surface area contributed by atoms with Crippen LogP contribution in [0.2, 0.25) is 0 Å². The van der Waals surface area contributed by atoms with Crippen molar-refractivity contribution >= 4 is 34.7 Å². The number of carbonyl (C=O) groups is 1. The molecule has 1 aliphatic heterocycles. The minimum atomic E-state index is -0.563. The molecule has 8 heteroatoms. The van der Waals surface area contributed by atoms with Crippen LogP contribution in [0.25, 0.3) is 6.08 Å². The first-order valence-electron chi connectivity index (χ1n) is 9.78. The lowest BCUT2D eigenvalue weighted by Crippen LogP contribution is -2.39. The van der Waals surface area contributed by atoms with E-state index < -0.39 is 12.0 Å². The van der Waals surface area contributed by atoms with Gasteiger partial charge in [0.05, 0.1) is 22.4 Å². The molecule has 0 aliphatic carbocycles. The molecule has 1 unspecified atom stereocenters. The van der Waals surface area contributed by atoms with Crippen molar-refractivity contribution in [3.05, 3.63) is 88.7 Å². The highest BCUT2D eigenvalue weighted by Gasteiger charge is 2.33. The lowest BCUT2D eigenvalue weighted by molar-refractivity contribution is -0.140. The molecule has 0 bridgehead atoms. The number of thiophene rings is 1. The van der Waals surface area contributed by atoms with Crippen LogP contribution in [0.1, 0.15) is 29.0 Å². The number of allylic oxidation sites excluding steroid dienone is 1. The molecule has 1 atom stereocenters. The van der Waals surface area contributed by atoms with E-state index in [4.69, 9.17) is 9.47 Å². The highest BCUT2D eigenvalue weighted by molar-refractivity contribution is 7.10. The fraction of sp³-hybridized carbons (Fsp3) is 0.261. The maximum Gasteiger partial charge on any atom is 0.338 e. The van der Waals surface area contributed by atoms with Gasteiger partial charge in [-0.2, -0.15) is 0 Å². The number of aromatic nitrogens is 1. The third-order valence-corrected chi connectivity index (χ3v) is 6.86. The Morgan fingerprint density at radius 1 is 1.19 bits per heavy atom. The van der Waals surface area contributed by atoms with Crippen LogP contribution in [-0.2, 0) is 14.3 Å². The molecule has 0 N–H and O–H groups in total. The predicted molar refractivity (Wildman–Crippen MR) is 122 cm³/mol. The Morgan fingerprint density at radius 3 is 2.65 bits per heavy atom. The number of hydrogen-bond donors (Lipinski definition) is 0. The fourth-order valence-corrected chi connectivity index (χ4v) is 5.28. The summed E-state index contributed by atoms with van der Waals surface area (Å²) in [5.74, 6) is -0.482. The van der Waals surface area contributed by atoms with Crippen LogP contribution < -0.4 is 14.9 Å². The highest BCUT2D eigenvalue weighted by atomic mass is 32.1. The molecule has 0 saturated carbocycles. The van der Waals surface area contributed by atoms with Crippen LogP contribution in [0.3, 0.4) is 0 Å². The summed E-state index contributed by atoms with van der Waals surface area (Å²) < 4.78 is 12.6. The van der Waals surface area contributed by atoms with Crippen molar-refractivity contribution in [2.24, 2.45) is 4.99 Å². The largest absolute Gasteiger partial charge is 0.460 e. The Kier molecular flexibility index (Phi) is 6.31. The zero-order valence-electron chi connectivity index (χ0n) is 17.5. The number of methoxy groups -OCH3 is 1. The van der Waals surface area contributed by atoms with Crippen molar-refractivity contribution in [3.63, 3.8) is 0 Å². The topological polar surface area (TPSA) is 69.9 Å². The van der Waals surface area contributed by atoms with Gasteiger partial charge in [0.2, 0.25) is 0 Å². The maximum absolute atomic E-state index is 13.4. The number of fused-ring (bicyclic) bond motifs is 1. The van der Waals surface area contributed by atoms with Gasteiger partial charge >= 0.3 is 5.97 Å². The van der Waals surface area contributed by atoms with Gasteiger partial charge in [-0.25, -0.2) is 9.79 Å². The third-order valence-electron chi connectivity index (χ3n) is 4.95. The zero-order chi connectivity index (χ0) is 22.0. The summed E-state index contributed by atoms with van der Waals surface area (Å²) in [4.78, 5) is 32.4. The third kappa shape index (κ3) is 4.32. The standard InChI is InChI=1S/C23H22N2O4S2/c1-14-6-8-16(9-7-14)13-18-21(26)25-20(17-5-4-12-30-17)19(15(2)24-23(25)31-18)22(27)29-11-10-28-3/h4-9,12-13,20H,10-11H2,1-3H3/b18-13-. The molecule has 1 aliphatic rings. The van der Waals surface area contributed by atoms with Crippen molar-refractivity contribution in [3.8, 4) is 0 Å². The predicted octanol–water partition coefficient (Wildman–Crippen LogP) is 2.79. The van der Waals surface area contributed by atoms with Crippen LogP contribution in [0.4, 0.5) is 0 Å². The van der Waals surface area contributed by atoms with Gasteiger partial charge in [-0.05, 0) is 36.9 Å². The first kappa shape index (κ1) is 21.4. The van der Waals surface area contributed by atoms with E-state index in [1.54, 1.807) is 18.6 Å². The fourth-order valence-electron chi connectivity index (χ4n) is 3.41. The zero-order valence-corrected chi connectivity index (χ0v) is 19.1. The number of ether oxygens (including phenoxy) is 2. The van der Waals surface area contributed by atoms with Gasteiger partial charge in [-0.3, -0.25) is 9.36 Å². The number of aryl methyl sites for hydroxylation is 1. The molecule has 0 radical (unpaired) electrons. The molecule has 0 fully saturated rings. The van der Waals surface area contributed by atoms with E-state index in [1.165, 1.54) is 22.7 Å². The van der Waals surface area contributed by atoms with E-state index in [2.05, 4.69) is 4.99 Å². The monoisotopic (exact) mass is 454 g/mol. The number of hydrogen-bond acceptors (Lipinski definition) is 7. The minimum Gasteiger partial charge on any atom is -0.460 e. The van der Waals surface area contributed by atoms with Gasteiger partial charge in [0.15, 0.2) is 4.80 Å². The second kappa shape index (κ2) is 9.13. The SMILES string of the molecule is COCCOC(=O)C1=C(C)N=c2s/c(=C\c3ccc(C)cc3)c(=O)n2C1c1cccs1. The van der Waals surface area contributed by atoms with Gasteiger partial charge in [-0.1, -0.05) is 47.2 Å². The highest BCUT2D eigenvalue weighted by Crippen LogP contribution is 2.33. The Balaban J connectivity index is 1.84. The van der Waals surface area contributed by atoms with Crippen LogP contribution in [-0.4, -0.2) is 30.9 Å². The summed E-state index contributed by atoms with van der Waals surface area (Å²) in [5.41, 5.74) is 2.87. The van der Waals surface area contributed by atoms with Crippen molar-refractivity contribution in [2.75, 3.05) is 20.3 Å². The number of rotatable bonds is 6. The van der Waals surface area contributed by atoms with Crippen LogP contribution in [0.15, 0.2) is 62.8 Å². The Hall–Kier alpha value is -2.81.